The van der Waals surface area contributed by atoms with Gasteiger partial charge in [0, 0.05) is 23.2 Å². The van der Waals surface area contributed by atoms with Gasteiger partial charge >= 0.3 is 5.97 Å². The molecule has 0 fully saturated rings. The molecule has 17 heavy (non-hydrogen) atoms. The van der Waals surface area contributed by atoms with Crippen LogP contribution in [0.15, 0.2) is 35.9 Å². The SMILES string of the molecule is C/C(=C/CNC(C)c1ccccc1Cl)C(=O)O. The second kappa shape index (κ2) is 6.42. The van der Waals surface area contributed by atoms with Crippen LogP contribution < -0.4 is 5.32 Å². The Kier molecular flexibility index (Phi) is 5.19. The Hall–Kier alpha value is -1.32. The van der Waals surface area contributed by atoms with Crippen molar-refractivity contribution in [3.05, 3.63) is 46.5 Å². The third kappa shape index (κ3) is 4.21. The topological polar surface area (TPSA) is 49.3 Å². The van der Waals surface area contributed by atoms with Crippen molar-refractivity contribution in [2.24, 2.45) is 0 Å². The number of carboxylic acids is 1. The van der Waals surface area contributed by atoms with Crippen LogP contribution in [0.3, 0.4) is 0 Å². The minimum Gasteiger partial charge on any atom is -0.478 e. The van der Waals surface area contributed by atoms with E-state index in [-0.39, 0.29) is 6.04 Å². The van der Waals surface area contributed by atoms with Gasteiger partial charge in [-0.25, -0.2) is 4.79 Å². The molecule has 1 unspecified atom stereocenters. The van der Waals surface area contributed by atoms with Gasteiger partial charge in [0.2, 0.25) is 0 Å². The van der Waals surface area contributed by atoms with Crippen LogP contribution in [0.25, 0.3) is 0 Å². The first kappa shape index (κ1) is 13.7. The van der Waals surface area contributed by atoms with Crippen LogP contribution in [-0.2, 0) is 4.79 Å². The van der Waals surface area contributed by atoms with Crippen LogP contribution in [0.2, 0.25) is 5.02 Å². The lowest BCUT2D eigenvalue weighted by atomic mass is 10.1. The Morgan fingerprint density at radius 3 is 2.76 bits per heavy atom. The molecule has 0 aromatic heterocycles. The molecule has 0 amide bonds. The Bertz CT molecular complexity index is 429. The highest BCUT2D eigenvalue weighted by Crippen LogP contribution is 2.21. The van der Waals surface area contributed by atoms with E-state index in [1.807, 2.05) is 31.2 Å². The number of carboxylic acid groups (broad SMARTS) is 1. The van der Waals surface area contributed by atoms with Gasteiger partial charge < -0.3 is 10.4 Å². The first-order chi connectivity index (χ1) is 8.02. The number of aliphatic carboxylic acids is 1. The fourth-order valence-electron chi connectivity index (χ4n) is 1.41. The van der Waals surface area contributed by atoms with Gasteiger partial charge in [0.05, 0.1) is 0 Å². The Labute approximate surface area is 106 Å². The average Bonchev–Trinajstić information content (AvgIpc) is 2.29. The molecule has 3 nitrogen and oxygen atoms in total. The largest absolute Gasteiger partial charge is 0.478 e. The van der Waals surface area contributed by atoms with E-state index >= 15 is 0 Å². The molecule has 0 spiro atoms. The van der Waals surface area contributed by atoms with Crippen molar-refractivity contribution < 1.29 is 9.90 Å². The van der Waals surface area contributed by atoms with E-state index in [2.05, 4.69) is 5.32 Å². The van der Waals surface area contributed by atoms with Crippen LogP contribution in [0.4, 0.5) is 0 Å². The van der Waals surface area contributed by atoms with Crippen LogP contribution in [0, 0.1) is 0 Å². The van der Waals surface area contributed by atoms with E-state index in [1.165, 1.54) is 0 Å². The summed E-state index contributed by atoms with van der Waals surface area (Å²) < 4.78 is 0. The summed E-state index contributed by atoms with van der Waals surface area (Å²) in [4.78, 5) is 10.6. The second-order valence-electron chi connectivity index (χ2n) is 3.84. The lowest BCUT2D eigenvalue weighted by Gasteiger charge is -2.14. The normalized spacial score (nSPS) is 13.5. The Balaban J connectivity index is 2.57. The minimum atomic E-state index is -0.891. The molecular weight excluding hydrogens is 238 g/mol. The van der Waals surface area contributed by atoms with Gasteiger partial charge in [-0.1, -0.05) is 35.9 Å². The Morgan fingerprint density at radius 1 is 1.53 bits per heavy atom. The lowest BCUT2D eigenvalue weighted by Crippen LogP contribution is -2.19. The smallest absolute Gasteiger partial charge is 0.330 e. The van der Waals surface area contributed by atoms with Crippen molar-refractivity contribution in [3.8, 4) is 0 Å². The summed E-state index contributed by atoms with van der Waals surface area (Å²) in [5, 5.41) is 12.6. The molecule has 0 aliphatic heterocycles. The molecule has 1 aromatic carbocycles. The van der Waals surface area contributed by atoms with Crippen molar-refractivity contribution in [1.29, 1.82) is 0 Å². The van der Waals surface area contributed by atoms with E-state index in [1.54, 1.807) is 13.0 Å². The molecule has 0 radical (unpaired) electrons. The maximum Gasteiger partial charge on any atom is 0.330 e. The molecule has 1 rings (SSSR count). The summed E-state index contributed by atoms with van der Waals surface area (Å²) in [5.74, 6) is -0.891. The molecule has 0 aliphatic carbocycles. The molecule has 1 aromatic rings. The lowest BCUT2D eigenvalue weighted by molar-refractivity contribution is -0.132. The van der Waals surface area contributed by atoms with Gasteiger partial charge in [-0.2, -0.15) is 0 Å². The molecule has 0 saturated carbocycles. The quantitative estimate of drug-likeness (QED) is 0.793. The first-order valence-corrected chi connectivity index (χ1v) is 5.78. The van der Waals surface area contributed by atoms with Gasteiger partial charge in [0.1, 0.15) is 0 Å². The van der Waals surface area contributed by atoms with Crippen molar-refractivity contribution in [3.63, 3.8) is 0 Å². The Morgan fingerprint density at radius 2 is 2.18 bits per heavy atom. The minimum absolute atomic E-state index is 0.0848. The summed E-state index contributed by atoms with van der Waals surface area (Å²) in [6.45, 7) is 4.07. The van der Waals surface area contributed by atoms with E-state index in [0.717, 1.165) is 5.56 Å². The van der Waals surface area contributed by atoms with Crippen LogP contribution in [0.5, 0.6) is 0 Å². The molecule has 1 atom stereocenters. The molecule has 4 heteroatoms. The third-order valence-electron chi connectivity index (χ3n) is 2.54. The average molecular weight is 254 g/mol. The maximum atomic E-state index is 10.6. The van der Waals surface area contributed by atoms with Gasteiger partial charge in [-0.05, 0) is 25.5 Å². The molecule has 0 saturated heterocycles. The maximum absolute atomic E-state index is 10.6. The fraction of sp³-hybridized carbons (Fsp3) is 0.308. The van der Waals surface area contributed by atoms with Gasteiger partial charge in [-0.15, -0.1) is 0 Å². The summed E-state index contributed by atoms with van der Waals surface area (Å²) in [7, 11) is 0. The first-order valence-electron chi connectivity index (χ1n) is 5.40. The standard InChI is InChI=1S/C13H16ClNO2/c1-9(13(16)17)7-8-15-10(2)11-5-3-4-6-12(11)14/h3-7,10,15H,8H2,1-2H3,(H,16,17)/b9-7-. The molecule has 0 bridgehead atoms. The second-order valence-corrected chi connectivity index (χ2v) is 4.25. The number of rotatable bonds is 5. The van der Waals surface area contributed by atoms with E-state index in [4.69, 9.17) is 16.7 Å². The summed E-state index contributed by atoms with van der Waals surface area (Å²) in [6.07, 6.45) is 1.65. The zero-order valence-electron chi connectivity index (χ0n) is 9.90. The number of carbonyl (C=O) groups is 1. The summed E-state index contributed by atoms with van der Waals surface area (Å²) in [6, 6.07) is 7.69. The number of nitrogens with one attached hydrogen (secondary N) is 1. The van der Waals surface area contributed by atoms with Crippen molar-refractivity contribution in [2.75, 3.05) is 6.54 Å². The number of hydrogen-bond donors (Lipinski definition) is 2. The fourth-order valence-corrected chi connectivity index (χ4v) is 1.71. The van der Waals surface area contributed by atoms with Crippen LogP contribution >= 0.6 is 11.6 Å². The predicted molar refractivity (Wildman–Crippen MR) is 69.3 cm³/mol. The van der Waals surface area contributed by atoms with Gasteiger partial charge in [0.25, 0.3) is 0 Å². The molecule has 2 N–H and O–H groups in total. The predicted octanol–water partition coefficient (Wildman–Crippen LogP) is 3.02. The molecule has 0 heterocycles. The van der Waals surface area contributed by atoms with Crippen LogP contribution in [0.1, 0.15) is 25.5 Å². The molecular formula is C13H16ClNO2. The number of halogens is 1. The summed E-state index contributed by atoms with van der Waals surface area (Å²) in [5.41, 5.74) is 1.35. The highest BCUT2D eigenvalue weighted by Gasteiger charge is 2.07. The van der Waals surface area contributed by atoms with Crippen molar-refractivity contribution in [2.45, 2.75) is 19.9 Å². The van der Waals surface area contributed by atoms with Crippen molar-refractivity contribution in [1.82, 2.24) is 5.32 Å². The van der Waals surface area contributed by atoms with Crippen molar-refractivity contribution >= 4 is 17.6 Å². The number of benzene rings is 1. The molecule has 92 valence electrons. The highest BCUT2D eigenvalue weighted by molar-refractivity contribution is 6.31. The highest BCUT2D eigenvalue weighted by atomic mass is 35.5. The zero-order chi connectivity index (χ0) is 12.8. The summed E-state index contributed by atoms with van der Waals surface area (Å²) >= 11 is 6.06. The third-order valence-corrected chi connectivity index (χ3v) is 2.89. The van der Waals surface area contributed by atoms with E-state index in [0.29, 0.717) is 17.1 Å². The monoisotopic (exact) mass is 253 g/mol. The van der Waals surface area contributed by atoms with Gasteiger partial charge in [-0.3, -0.25) is 0 Å². The molecule has 0 aliphatic rings. The number of hydrogen-bond acceptors (Lipinski definition) is 2. The van der Waals surface area contributed by atoms with Gasteiger partial charge in [0.15, 0.2) is 0 Å². The zero-order valence-corrected chi connectivity index (χ0v) is 10.7. The van der Waals surface area contributed by atoms with E-state index < -0.39 is 5.97 Å². The van der Waals surface area contributed by atoms with Crippen LogP contribution in [-0.4, -0.2) is 17.6 Å². The van der Waals surface area contributed by atoms with E-state index in [9.17, 15) is 4.79 Å².